The number of allylic oxidation sites excluding steroid dienone is 1. The normalized spacial score (nSPS) is 10.4. The van der Waals surface area contributed by atoms with Crippen LogP contribution in [0.4, 0.5) is 0 Å². The van der Waals surface area contributed by atoms with Crippen LogP contribution in [0.5, 0.6) is 23.0 Å². The van der Waals surface area contributed by atoms with E-state index in [1.165, 1.54) is 37.6 Å². The van der Waals surface area contributed by atoms with E-state index in [1.807, 2.05) is 27.7 Å². The fourth-order valence-corrected chi connectivity index (χ4v) is 5.01. The first-order valence-electron chi connectivity index (χ1n) is 19.5. The molecule has 0 fully saturated rings. The minimum absolute atomic E-state index is 0.0713. The molecular formula is C45H52O17. The van der Waals surface area contributed by atoms with Crippen molar-refractivity contribution in [1.82, 2.24) is 0 Å². The van der Waals surface area contributed by atoms with Gasteiger partial charge in [0.2, 0.25) is 0 Å². The van der Waals surface area contributed by atoms with Gasteiger partial charge >= 0.3 is 23.2 Å². The van der Waals surface area contributed by atoms with E-state index in [0.29, 0.717) is 48.3 Å². The monoisotopic (exact) mass is 864 g/mol. The van der Waals surface area contributed by atoms with E-state index >= 15 is 0 Å². The number of phenols is 3. The van der Waals surface area contributed by atoms with Crippen LogP contribution in [0.3, 0.4) is 0 Å². The molecule has 0 spiro atoms. The highest BCUT2D eigenvalue weighted by atomic mass is 17.2. The third kappa shape index (κ3) is 15.8. The van der Waals surface area contributed by atoms with Crippen molar-refractivity contribution in [3.05, 3.63) is 115 Å². The minimum atomic E-state index is -1.29. The molecule has 2 aromatic heterocycles. The molecule has 334 valence electrons. The molecule has 0 amide bonds. The van der Waals surface area contributed by atoms with Gasteiger partial charge in [-0.1, -0.05) is 26.8 Å². The first-order chi connectivity index (χ1) is 29.7. The molecule has 5 rings (SSSR count). The van der Waals surface area contributed by atoms with Gasteiger partial charge in [0, 0.05) is 34.9 Å². The third-order valence-electron chi connectivity index (χ3n) is 8.02. The summed E-state index contributed by atoms with van der Waals surface area (Å²) < 4.78 is 25.0. The first-order valence-corrected chi connectivity index (χ1v) is 19.5. The number of carboxylic acids is 1. The molecule has 5 aromatic rings. The number of fused-ring (bicyclic) bond motifs is 2. The maximum atomic E-state index is 11.7. The number of rotatable bonds is 14. The molecule has 0 bridgehead atoms. The van der Waals surface area contributed by atoms with Crippen LogP contribution in [-0.4, -0.2) is 65.9 Å². The summed E-state index contributed by atoms with van der Waals surface area (Å²) in [5.74, 6) is 1.71. The van der Waals surface area contributed by atoms with E-state index < -0.39 is 23.2 Å². The Hall–Kier alpha value is -7.16. The van der Waals surface area contributed by atoms with Crippen molar-refractivity contribution in [3.63, 3.8) is 0 Å². The largest absolute Gasteiger partial charge is 0.508 e. The maximum absolute atomic E-state index is 11.7. The van der Waals surface area contributed by atoms with Gasteiger partial charge in [-0.25, -0.2) is 19.2 Å². The number of aromatic hydroxyl groups is 3. The highest BCUT2D eigenvalue weighted by Gasteiger charge is 2.16. The van der Waals surface area contributed by atoms with Crippen LogP contribution in [0.25, 0.3) is 21.9 Å². The Kier molecular flexibility index (Phi) is 22.1. The topological polar surface area (TPSA) is 240 Å². The predicted octanol–water partition coefficient (Wildman–Crippen LogP) is 7.72. The first kappa shape index (κ1) is 51.0. The van der Waals surface area contributed by atoms with Gasteiger partial charge < -0.3 is 48.4 Å². The summed E-state index contributed by atoms with van der Waals surface area (Å²) in [5, 5.41) is 37.7. The molecule has 0 atom stereocenters. The molecule has 3 aromatic carbocycles. The number of methoxy groups -OCH3 is 1. The van der Waals surface area contributed by atoms with Crippen molar-refractivity contribution in [2.75, 3.05) is 33.5 Å². The zero-order valence-corrected chi connectivity index (χ0v) is 35.8. The molecule has 0 radical (unpaired) electrons. The molecule has 0 saturated heterocycles. The van der Waals surface area contributed by atoms with Crippen LogP contribution in [-0.2, 0) is 48.3 Å². The molecule has 17 nitrogen and oxygen atoms in total. The molecule has 0 aliphatic heterocycles. The van der Waals surface area contributed by atoms with Gasteiger partial charge in [0.05, 0.1) is 33.5 Å². The number of hydrogen-bond donors (Lipinski definition) is 4. The van der Waals surface area contributed by atoms with Gasteiger partial charge in [0.25, 0.3) is 5.76 Å². The van der Waals surface area contributed by atoms with Crippen molar-refractivity contribution in [2.45, 2.75) is 67.7 Å². The number of carboxylic acid groups (broad SMARTS) is 1. The summed E-state index contributed by atoms with van der Waals surface area (Å²) in [4.78, 5) is 64.1. The van der Waals surface area contributed by atoms with Gasteiger partial charge in [0.1, 0.15) is 51.6 Å². The molecular weight excluding hydrogens is 812 g/mol. The molecule has 0 unspecified atom stereocenters. The van der Waals surface area contributed by atoms with Gasteiger partial charge in [-0.05, 0) is 94.0 Å². The van der Waals surface area contributed by atoms with E-state index in [2.05, 4.69) is 21.8 Å². The highest BCUT2D eigenvalue weighted by Crippen LogP contribution is 2.27. The van der Waals surface area contributed by atoms with Gasteiger partial charge in [-0.3, -0.25) is 4.89 Å². The van der Waals surface area contributed by atoms with Crippen LogP contribution in [0.15, 0.2) is 85.0 Å². The van der Waals surface area contributed by atoms with Crippen molar-refractivity contribution in [1.29, 1.82) is 0 Å². The second kappa shape index (κ2) is 26.8. The lowest BCUT2D eigenvalue weighted by atomic mass is 10.1. The maximum Gasteiger partial charge on any atom is 0.351 e. The summed E-state index contributed by atoms with van der Waals surface area (Å²) in [5.41, 5.74) is 0.934. The Morgan fingerprint density at radius 3 is 1.81 bits per heavy atom. The van der Waals surface area contributed by atoms with E-state index in [4.69, 9.17) is 48.1 Å². The van der Waals surface area contributed by atoms with E-state index in [0.717, 1.165) is 29.5 Å². The second-order valence-corrected chi connectivity index (χ2v) is 12.2. The SMILES string of the molecule is CCO/C=C(\C#COOCC)OOCC.CCOC(=O)c1cc2cc(CC)c(O)cc2oc1=O.CCc1cc2cc(C(=O)O)c(=O)oc2cc1OC.CCc1ccc(O)cc1O. The van der Waals surface area contributed by atoms with Crippen molar-refractivity contribution in [3.8, 4) is 35.0 Å². The van der Waals surface area contributed by atoms with Crippen molar-refractivity contribution >= 4 is 33.9 Å². The quantitative estimate of drug-likeness (QED) is 0.0159. The predicted molar refractivity (Wildman–Crippen MR) is 227 cm³/mol. The third-order valence-corrected chi connectivity index (χ3v) is 8.02. The summed E-state index contributed by atoms with van der Waals surface area (Å²) in [7, 11) is 1.53. The number of carbonyl (C=O) groups excluding carboxylic acids is 1. The van der Waals surface area contributed by atoms with Crippen molar-refractivity contribution in [2.24, 2.45) is 0 Å². The summed E-state index contributed by atoms with van der Waals surface area (Å²) >= 11 is 0. The van der Waals surface area contributed by atoms with Gasteiger partial charge in [0.15, 0.2) is 6.11 Å². The zero-order chi connectivity index (χ0) is 46.2. The van der Waals surface area contributed by atoms with E-state index in [-0.39, 0.29) is 46.3 Å². The van der Waals surface area contributed by atoms with Crippen LogP contribution in [0.1, 0.15) is 85.9 Å². The fraction of sp³-hybridized carbons (Fsp3) is 0.333. The Morgan fingerprint density at radius 1 is 0.677 bits per heavy atom. The smallest absolute Gasteiger partial charge is 0.351 e. The molecule has 17 heteroatoms. The van der Waals surface area contributed by atoms with Crippen LogP contribution in [0, 0.1) is 12.0 Å². The Morgan fingerprint density at radius 2 is 1.26 bits per heavy atom. The molecule has 62 heavy (non-hydrogen) atoms. The lowest BCUT2D eigenvalue weighted by Gasteiger charge is -2.08. The number of aryl methyl sites for hydroxylation is 3. The molecule has 4 N–H and O–H groups in total. The number of benzene rings is 3. The lowest BCUT2D eigenvalue weighted by molar-refractivity contribution is -0.255. The number of hydrogen-bond acceptors (Lipinski definition) is 16. The minimum Gasteiger partial charge on any atom is -0.508 e. The standard InChI is InChI=1S/C14H14O5.C13H12O5.C10H16O5.C8H10O2/c1-3-8-5-9-6-10(13(16)18-4-2)14(17)19-12(9)7-11(8)15;1-3-7-4-8-5-9(12(14)15)13(16)18-11(8)6-10(7)17-2;1-4-11-9-10(15-13-6-3)7-8-14-12-5-2;1-2-6-3-4-7(9)5-8(6)10/h5-7,15H,3-4H2,1-2H3;4-6H,3H2,1-2H3,(H,14,15);9H,4-6H2,1-3H3;3-5,9-10H,2H2,1H3/b;;10-9+;. The molecule has 2 heterocycles. The Balaban J connectivity index is 0.000000291. The number of ether oxygens (including phenoxy) is 3. The zero-order valence-electron chi connectivity index (χ0n) is 35.8. The second-order valence-electron chi connectivity index (χ2n) is 12.2. The van der Waals surface area contributed by atoms with Gasteiger partial charge in [-0.2, -0.15) is 9.78 Å². The van der Waals surface area contributed by atoms with Crippen LogP contribution in [0.2, 0.25) is 0 Å². The number of carbonyl (C=O) groups is 2. The lowest BCUT2D eigenvalue weighted by Crippen LogP contribution is -2.16. The number of esters is 1. The average Bonchev–Trinajstić information content (AvgIpc) is 3.25. The van der Waals surface area contributed by atoms with Crippen LogP contribution < -0.4 is 16.0 Å². The van der Waals surface area contributed by atoms with Gasteiger partial charge in [-0.15, -0.1) is 0 Å². The Labute approximate surface area is 357 Å². The molecule has 0 aliphatic rings. The number of phenolic OH excluding ortho intramolecular Hbond substituents is 3. The number of aromatic carboxylic acids is 1. The average molecular weight is 865 g/mol. The molecule has 0 saturated carbocycles. The summed E-state index contributed by atoms with van der Waals surface area (Å²) in [6.45, 7) is 14.4. The summed E-state index contributed by atoms with van der Waals surface area (Å²) in [6.07, 6.45) is 5.78. The molecule has 0 aliphatic carbocycles. The summed E-state index contributed by atoms with van der Waals surface area (Å²) in [6, 6.07) is 13.8. The van der Waals surface area contributed by atoms with Crippen molar-refractivity contribution < 1.29 is 72.6 Å². The van der Waals surface area contributed by atoms with Crippen LogP contribution >= 0.6 is 0 Å². The Bertz CT molecular complexity index is 2450. The van der Waals surface area contributed by atoms with E-state index in [9.17, 15) is 24.3 Å². The highest BCUT2D eigenvalue weighted by molar-refractivity contribution is 5.93. The fourth-order valence-electron chi connectivity index (χ4n) is 5.01. The van der Waals surface area contributed by atoms with E-state index in [1.54, 1.807) is 51.1 Å².